The van der Waals surface area contributed by atoms with Crippen LogP contribution < -0.4 is 0 Å². The number of rotatable bonds is 4. The van der Waals surface area contributed by atoms with Gasteiger partial charge in [0.05, 0.1) is 12.9 Å². The van der Waals surface area contributed by atoms with E-state index in [1.54, 1.807) is 0 Å². The summed E-state index contributed by atoms with van der Waals surface area (Å²) >= 11 is 0. The lowest BCUT2D eigenvalue weighted by Gasteiger charge is -2.02. The highest BCUT2D eigenvalue weighted by atomic mass is 16.7. The van der Waals surface area contributed by atoms with Gasteiger partial charge in [0, 0.05) is 0 Å². The lowest BCUT2D eigenvalue weighted by atomic mass is 10.8. The Hall–Kier alpha value is -0.920. The molecule has 0 unspecified atom stereocenters. The van der Waals surface area contributed by atoms with E-state index in [1.165, 1.54) is 6.26 Å². The van der Waals surface area contributed by atoms with Crippen LogP contribution in [0.25, 0.3) is 0 Å². The van der Waals surface area contributed by atoms with Gasteiger partial charge in [0.15, 0.2) is 0 Å². The van der Waals surface area contributed by atoms with E-state index in [-0.39, 0.29) is 0 Å². The first-order valence-electron chi connectivity index (χ1n) is 2.40. The third-order valence-corrected chi connectivity index (χ3v) is 0.520. The molecule has 0 fully saturated rings. The van der Waals surface area contributed by atoms with Gasteiger partial charge in [-0.05, 0) is 13.5 Å². The fourth-order valence-corrected chi connectivity index (χ4v) is 0.288. The first-order chi connectivity index (χ1) is 3.81. The van der Waals surface area contributed by atoms with Crippen molar-refractivity contribution in [3.63, 3.8) is 0 Å². The van der Waals surface area contributed by atoms with Gasteiger partial charge in [0.1, 0.15) is 0 Å². The molecule has 0 amide bonds. The highest BCUT2D eigenvalue weighted by Crippen LogP contribution is 1.93. The molecular weight excluding hydrogens is 104 g/mol. The van der Waals surface area contributed by atoms with Crippen molar-refractivity contribution in [1.29, 1.82) is 0 Å². The fraction of sp³-hybridized carbons (Fsp3) is 0.333. The average Bonchev–Trinajstić information content (AvgIpc) is 1.68. The molecule has 0 aromatic rings. The van der Waals surface area contributed by atoms with Crippen LogP contribution in [-0.4, -0.2) is 6.61 Å². The standard InChI is InChI=1S/C6H10O2/c1-4-7-6(3)8-5-2/h4H,1,3,5H2,2H3. The second-order valence-electron chi connectivity index (χ2n) is 1.09. The summed E-state index contributed by atoms with van der Waals surface area (Å²) in [6.07, 6.45) is 1.28. The SMILES string of the molecule is C=COC(=C)OCC. The summed E-state index contributed by atoms with van der Waals surface area (Å²) < 4.78 is 9.42. The maximum Gasteiger partial charge on any atom is 0.276 e. The smallest absolute Gasteiger partial charge is 0.276 e. The van der Waals surface area contributed by atoms with Gasteiger partial charge >= 0.3 is 0 Å². The van der Waals surface area contributed by atoms with Crippen LogP contribution in [0.3, 0.4) is 0 Å². The minimum atomic E-state index is 0.294. The zero-order valence-electron chi connectivity index (χ0n) is 5.02. The van der Waals surface area contributed by atoms with Crippen LogP contribution in [0, 0.1) is 0 Å². The quantitative estimate of drug-likeness (QED) is 0.517. The largest absolute Gasteiger partial charge is 0.466 e. The van der Waals surface area contributed by atoms with Crippen LogP contribution in [0.5, 0.6) is 0 Å². The molecule has 0 aliphatic rings. The van der Waals surface area contributed by atoms with E-state index in [1.807, 2.05) is 6.92 Å². The van der Waals surface area contributed by atoms with E-state index < -0.39 is 0 Å². The zero-order valence-corrected chi connectivity index (χ0v) is 5.02. The Balaban J connectivity index is 3.18. The minimum Gasteiger partial charge on any atom is -0.466 e. The Labute approximate surface area is 49.4 Å². The highest BCUT2D eigenvalue weighted by molar-refractivity contribution is 4.71. The van der Waals surface area contributed by atoms with E-state index in [4.69, 9.17) is 4.74 Å². The van der Waals surface area contributed by atoms with E-state index in [0.29, 0.717) is 12.6 Å². The van der Waals surface area contributed by atoms with Crippen LogP contribution in [0.4, 0.5) is 0 Å². The van der Waals surface area contributed by atoms with Crippen molar-refractivity contribution in [2.24, 2.45) is 0 Å². The van der Waals surface area contributed by atoms with Crippen molar-refractivity contribution in [3.05, 3.63) is 25.4 Å². The summed E-state index contributed by atoms with van der Waals surface area (Å²) in [5.74, 6) is 0.294. The second kappa shape index (κ2) is 4.24. The van der Waals surface area contributed by atoms with Crippen molar-refractivity contribution in [2.75, 3.05) is 6.61 Å². The number of ether oxygens (including phenoxy) is 2. The monoisotopic (exact) mass is 114 g/mol. The van der Waals surface area contributed by atoms with Gasteiger partial charge in [-0.25, -0.2) is 0 Å². The molecule has 0 aromatic carbocycles. The molecule has 0 aliphatic heterocycles. The van der Waals surface area contributed by atoms with Crippen molar-refractivity contribution in [1.82, 2.24) is 0 Å². The fourth-order valence-electron chi connectivity index (χ4n) is 0.288. The molecule has 0 N–H and O–H groups in total. The Morgan fingerprint density at radius 3 is 2.75 bits per heavy atom. The first kappa shape index (κ1) is 7.08. The van der Waals surface area contributed by atoms with Gasteiger partial charge < -0.3 is 9.47 Å². The van der Waals surface area contributed by atoms with Crippen molar-refractivity contribution >= 4 is 0 Å². The maximum absolute atomic E-state index is 4.79. The molecule has 0 bridgehead atoms. The van der Waals surface area contributed by atoms with Crippen molar-refractivity contribution < 1.29 is 9.47 Å². The molecule has 0 heterocycles. The second-order valence-corrected chi connectivity index (χ2v) is 1.09. The molecule has 0 rings (SSSR count). The lowest BCUT2D eigenvalue weighted by Crippen LogP contribution is -1.89. The van der Waals surface area contributed by atoms with Gasteiger partial charge in [0.25, 0.3) is 5.95 Å². The first-order valence-corrected chi connectivity index (χ1v) is 2.40. The highest BCUT2D eigenvalue weighted by Gasteiger charge is 1.84. The molecule has 0 atom stereocenters. The Bertz CT molecular complexity index is 86.5. The molecule has 46 valence electrons. The Morgan fingerprint density at radius 1 is 1.75 bits per heavy atom. The lowest BCUT2D eigenvalue weighted by molar-refractivity contribution is 0.0923. The van der Waals surface area contributed by atoms with E-state index in [9.17, 15) is 0 Å². The van der Waals surface area contributed by atoms with Crippen LogP contribution in [-0.2, 0) is 9.47 Å². The third kappa shape index (κ3) is 3.28. The molecule has 0 aromatic heterocycles. The van der Waals surface area contributed by atoms with Gasteiger partial charge in [-0.3, -0.25) is 0 Å². The molecule has 0 radical (unpaired) electrons. The molecule has 0 spiro atoms. The maximum atomic E-state index is 4.79. The molecule has 0 aliphatic carbocycles. The van der Waals surface area contributed by atoms with Gasteiger partial charge in [-0.15, -0.1) is 0 Å². The summed E-state index contributed by atoms with van der Waals surface area (Å²) in [4.78, 5) is 0. The number of hydrogen-bond acceptors (Lipinski definition) is 2. The topological polar surface area (TPSA) is 18.5 Å². The summed E-state index contributed by atoms with van der Waals surface area (Å²) in [5.41, 5.74) is 0. The Kier molecular flexibility index (Phi) is 3.76. The van der Waals surface area contributed by atoms with Gasteiger partial charge in [-0.1, -0.05) is 6.58 Å². The summed E-state index contributed by atoms with van der Waals surface area (Å²) in [6, 6.07) is 0. The Morgan fingerprint density at radius 2 is 2.38 bits per heavy atom. The zero-order chi connectivity index (χ0) is 6.41. The molecule has 8 heavy (non-hydrogen) atoms. The predicted molar refractivity (Wildman–Crippen MR) is 32.0 cm³/mol. The van der Waals surface area contributed by atoms with E-state index in [0.717, 1.165) is 0 Å². The van der Waals surface area contributed by atoms with Crippen LogP contribution in [0.2, 0.25) is 0 Å². The van der Waals surface area contributed by atoms with Crippen LogP contribution >= 0.6 is 0 Å². The number of hydrogen-bond donors (Lipinski definition) is 0. The van der Waals surface area contributed by atoms with Crippen molar-refractivity contribution in [3.8, 4) is 0 Å². The van der Waals surface area contributed by atoms with Crippen LogP contribution in [0.1, 0.15) is 6.92 Å². The molecule has 0 saturated heterocycles. The van der Waals surface area contributed by atoms with Crippen molar-refractivity contribution in [2.45, 2.75) is 6.92 Å². The third-order valence-electron chi connectivity index (χ3n) is 0.520. The van der Waals surface area contributed by atoms with E-state index >= 15 is 0 Å². The molecule has 0 saturated carbocycles. The molecule has 2 nitrogen and oxygen atoms in total. The average molecular weight is 114 g/mol. The molecular formula is C6H10O2. The summed E-state index contributed by atoms with van der Waals surface area (Å²) in [6.45, 7) is 9.17. The minimum absolute atomic E-state index is 0.294. The summed E-state index contributed by atoms with van der Waals surface area (Å²) in [5, 5.41) is 0. The predicted octanol–water partition coefficient (Wildman–Crippen LogP) is 1.65. The normalized spacial score (nSPS) is 7.62. The van der Waals surface area contributed by atoms with Gasteiger partial charge in [-0.2, -0.15) is 0 Å². The molecule has 2 heteroatoms. The van der Waals surface area contributed by atoms with Crippen LogP contribution in [0.15, 0.2) is 25.4 Å². The summed E-state index contributed by atoms with van der Waals surface area (Å²) in [7, 11) is 0. The van der Waals surface area contributed by atoms with Gasteiger partial charge in [0.2, 0.25) is 0 Å². The van der Waals surface area contributed by atoms with E-state index in [2.05, 4.69) is 17.9 Å².